The Morgan fingerprint density at radius 1 is 1.18 bits per heavy atom. The van der Waals surface area contributed by atoms with Gasteiger partial charge in [0.2, 0.25) is 0 Å². The fourth-order valence-electron chi connectivity index (χ4n) is 2.99. The van der Waals surface area contributed by atoms with Crippen LogP contribution >= 0.6 is 0 Å². The van der Waals surface area contributed by atoms with Gasteiger partial charge in [-0.15, -0.1) is 0 Å². The minimum atomic E-state index is 0.636. The van der Waals surface area contributed by atoms with Crippen molar-refractivity contribution in [2.24, 2.45) is 5.73 Å². The fourth-order valence-corrected chi connectivity index (χ4v) is 2.99. The van der Waals surface area contributed by atoms with Crippen LogP contribution in [0.3, 0.4) is 0 Å². The van der Waals surface area contributed by atoms with Crippen molar-refractivity contribution < 1.29 is 0 Å². The van der Waals surface area contributed by atoms with Crippen molar-refractivity contribution in [1.29, 1.82) is 0 Å². The number of nitrogens with zero attached hydrogens (tertiary/aromatic N) is 2. The summed E-state index contributed by atoms with van der Waals surface area (Å²) in [4.78, 5) is 5.21. The molecule has 0 amide bonds. The summed E-state index contributed by atoms with van der Waals surface area (Å²) in [6.45, 7) is 13.5. The van der Waals surface area contributed by atoms with Gasteiger partial charge in [0.1, 0.15) is 0 Å². The van der Waals surface area contributed by atoms with Crippen molar-refractivity contribution in [2.45, 2.75) is 65.1 Å². The first-order chi connectivity index (χ1) is 8.06. The Balaban J connectivity index is 2.55. The average Bonchev–Trinajstić information content (AvgIpc) is 2.27. The van der Waals surface area contributed by atoms with Crippen LogP contribution in [0.4, 0.5) is 0 Å². The SMILES string of the molecule is CC(C)N(CC1CCCCN1CCN)C(C)C. The number of rotatable bonds is 6. The van der Waals surface area contributed by atoms with Gasteiger partial charge in [0.05, 0.1) is 0 Å². The molecule has 102 valence electrons. The molecule has 3 nitrogen and oxygen atoms in total. The van der Waals surface area contributed by atoms with E-state index in [1.165, 1.54) is 32.4 Å². The van der Waals surface area contributed by atoms with Crippen molar-refractivity contribution in [3.63, 3.8) is 0 Å². The largest absolute Gasteiger partial charge is 0.329 e. The second-order valence-corrected chi connectivity index (χ2v) is 5.86. The van der Waals surface area contributed by atoms with Gasteiger partial charge >= 0.3 is 0 Å². The molecule has 0 aliphatic carbocycles. The van der Waals surface area contributed by atoms with Crippen LogP contribution < -0.4 is 5.73 Å². The van der Waals surface area contributed by atoms with Crippen molar-refractivity contribution in [1.82, 2.24) is 9.80 Å². The lowest BCUT2D eigenvalue weighted by molar-refractivity contribution is 0.0766. The van der Waals surface area contributed by atoms with Crippen LogP contribution in [-0.2, 0) is 0 Å². The van der Waals surface area contributed by atoms with Crippen LogP contribution in [0.5, 0.6) is 0 Å². The molecule has 0 saturated carbocycles. The van der Waals surface area contributed by atoms with Gasteiger partial charge in [-0.3, -0.25) is 9.80 Å². The van der Waals surface area contributed by atoms with Gasteiger partial charge in [0, 0.05) is 37.8 Å². The van der Waals surface area contributed by atoms with Gasteiger partial charge in [-0.2, -0.15) is 0 Å². The first-order valence-corrected chi connectivity index (χ1v) is 7.26. The molecule has 1 aliphatic rings. The topological polar surface area (TPSA) is 32.5 Å². The number of piperidine rings is 1. The van der Waals surface area contributed by atoms with Gasteiger partial charge in [-0.25, -0.2) is 0 Å². The molecule has 0 spiro atoms. The maximum Gasteiger partial charge on any atom is 0.0223 e. The van der Waals surface area contributed by atoms with Crippen LogP contribution in [0, 0.1) is 0 Å². The predicted molar refractivity (Wildman–Crippen MR) is 75.2 cm³/mol. The van der Waals surface area contributed by atoms with Gasteiger partial charge in [0.25, 0.3) is 0 Å². The lowest BCUT2D eigenvalue weighted by Gasteiger charge is -2.41. The third-order valence-electron chi connectivity index (χ3n) is 3.91. The molecule has 1 saturated heterocycles. The third kappa shape index (κ3) is 4.57. The lowest BCUT2D eigenvalue weighted by Crippen LogP contribution is -2.51. The van der Waals surface area contributed by atoms with E-state index in [4.69, 9.17) is 5.73 Å². The molecule has 3 heteroatoms. The Bertz CT molecular complexity index is 194. The third-order valence-corrected chi connectivity index (χ3v) is 3.91. The van der Waals surface area contributed by atoms with Gasteiger partial charge in [-0.05, 0) is 47.1 Å². The quantitative estimate of drug-likeness (QED) is 0.771. The zero-order chi connectivity index (χ0) is 12.8. The van der Waals surface area contributed by atoms with Gasteiger partial charge < -0.3 is 5.73 Å². The zero-order valence-electron chi connectivity index (χ0n) is 12.2. The van der Waals surface area contributed by atoms with E-state index in [-0.39, 0.29) is 0 Å². The van der Waals surface area contributed by atoms with Crippen LogP contribution in [-0.4, -0.2) is 54.1 Å². The summed E-state index contributed by atoms with van der Waals surface area (Å²) in [5.74, 6) is 0. The molecule has 1 heterocycles. The first-order valence-electron chi connectivity index (χ1n) is 7.26. The lowest BCUT2D eigenvalue weighted by atomic mass is 10.0. The molecule has 0 aromatic carbocycles. The second-order valence-electron chi connectivity index (χ2n) is 5.86. The highest BCUT2D eigenvalue weighted by molar-refractivity contribution is 4.82. The summed E-state index contributed by atoms with van der Waals surface area (Å²) in [6, 6.07) is 1.99. The number of hydrogen-bond acceptors (Lipinski definition) is 3. The van der Waals surface area contributed by atoms with Gasteiger partial charge in [-0.1, -0.05) is 6.42 Å². The molecule has 1 fully saturated rings. The van der Waals surface area contributed by atoms with E-state index in [2.05, 4.69) is 37.5 Å². The second kappa shape index (κ2) is 7.34. The molecule has 0 bridgehead atoms. The summed E-state index contributed by atoms with van der Waals surface area (Å²) < 4.78 is 0. The summed E-state index contributed by atoms with van der Waals surface area (Å²) in [7, 11) is 0. The normalized spacial score (nSPS) is 22.9. The molecular formula is C14H31N3. The Morgan fingerprint density at radius 3 is 2.35 bits per heavy atom. The Hall–Kier alpha value is -0.120. The highest BCUT2D eigenvalue weighted by Crippen LogP contribution is 2.19. The number of nitrogens with two attached hydrogens (primary N) is 1. The maximum atomic E-state index is 5.72. The van der Waals surface area contributed by atoms with Crippen molar-refractivity contribution in [3.8, 4) is 0 Å². The number of likely N-dealkylation sites (tertiary alicyclic amines) is 1. The summed E-state index contributed by atoms with van der Waals surface area (Å²) >= 11 is 0. The minimum Gasteiger partial charge on any atom is -0.329 e. The van der Waals surface area contributed by atoms with Crippen LogP contribution in [0.2, 0.25) is 0 Å². The van der Waals surface area contributed by atoms with Gasteiger partial charge in [0.15, 0.2) is 0 Å². The monoisotopic (exact) mass is 241 g/mol. The van der Waals surface area contributed by atoms with Crippen LogP contribution in [0.25, 0.3) is 0 Å². The zero-order valence-corrected chi connectivity index (χ0v) is 12.2. The van der Waals surface area contributed by atoms with E-state index >= 15 is 0 Å². The van der Waals surface area contributed by atoms with Crippen LogP contribution in [0.1, 0.15) is 47.0 Å². The molecule has 0 aromatic heterocycles. The molecule has 0 aromatic rings. The van der Waals surface area contributed by atoms with E-state index in [1.54, 1.807) is 0 Å². The molecule has 1 atom stereocenters. The fraction of sp³-hybridized carbons (Fsp3) is 1.00. The van der Waals surface area contributed by atoms with E-state index in [9.17, 15) is 0 Å². The van der Waals surface area contributed by atoms with E-state index in [0.717, 1.165) is 19.1 Å². The summed E-state index contributed by atoms with van der Waals surface area (Å²) in [5, 5.41) is 0. The Morgan fingerprint density at radius 2 is 1.82 bits per heavy atom. The van der Waals surface area contributed by atoms with E-state index in [1.807, 2.05) is 0 Å². The molecule has 0 radical (unpaired) electrons. The maximum absolute atomic E-state index is 5.72. The van der Waals surface area contributed by atoms with Crippen LogP contribution in [0.15, 0.2) is 0 Å². The minimum absolute atomic E-state index is 0.636. The summed E-state index contributed by atoms with van der Waals surface area (Å²) in [5.41, 5.74) is 5.72. The molecular weight excluding hydrogens is 210 g/mol. The Kier molecular flexibility index (Phi) is 6.45. The standard InChI is InChI=1S/C14H31N3/c1-12(2)17(13(3)4)11-14-7-5-6-9-16(14)10-8-15/h12-14H,5-11,15H2,1-4H3. The van der Waals surface area contributed by atoms with Crippen molar-refractivity contribution in [2.75, 3.05) is 26.2 Å². The van der Waals surface area contributed by atoms with E-state index < -0.39 is 0 Å². The summed E-state index contributed by atoms with van der Waals surface area (Å²) in [6.07, 6.45) is 4.07. The highest BCUT2D eigenvalue weighted by atomic mass is 15.2. The smallest absolute Gasteiger partial charge is 0.0223 e. The van der Waals surface area contributed by atoms with Crippen molar-refractivity contribution in [3.05, 3.63) is 0 Å². The highest BCUT2D eigenvalue weighted by Gasteiger charge is 2.25. The first kappa shape index (κ1) is 14.9. The average molecular weight is 241 g/mol. The number of hydrogen-bond donors (Lipinski definition) is 1. The predicted octanol–water partition coefficient (Wildman–Crippen LogP) is 1.92. The molecule has 1 unspecified atom stereocenters. The van der Waals surface area contributed by atoms with E-state index in [0.29, 0.717) is 12.1 Å². The molecule has 17 heavy (non-hydrogen) atoms. The van der Waals surface area contributed by atoms with Crippen molar-refractivity contribution >= 4 is 0 Å². The molecule has 1 aliphatic heterocycles. The molecule has 2 N–H and O–H groups in total. The molecule has 1 rings (SSSR count). The Labute approximate surface area is 107 Å².